The molecule has 0 amide bonds. The Morgan fingerprint density at radius 1 is 0.604 bits per heavy atom. The molecular formula is C36H40N6O5S. The Morgan fingerprint density at radius 3 is 1.65 bits per heavy atom. The van der Waals surface area contributed by atoms with E-state index in [1.54, 1.807) is 24.3 Å². The lowest BCUT2D eigenvalue weighted by Crippen LogP contribution is -2.11. The van der Waals surface area contributed by atoms with E-state index >= 15 is 0 Å². The van der Waals surface area contributed by atoms with E-state index in [9.17, 15) is 18.6 Å². The van der Waals surface area contributed by atoms with Crippen molar-refractivity contribution in [2.24, 2.45) is 0 Å². The summed E-state index contributed by atoms with van der Waals surface area (Å²) in [6.07, 6.45) is 1.06. The van der Waals surface area contributed by atoms with Gasteiger partial charge in [0.25, 0.3) is 0 Å². The minimum absolute atomic E-state index is 0.0238. The first-order chi connectivity index (χ1) is 22.6. The van der Waals surface area contributed by atoms with Gasteiger partial charge in [-0.15, -0.1) is 28.1 Å². The Balaban J connectivity index is 0.905. The molecule has 0 spiro atoms. The number of fused-ring (bicyclic) bond motifs is 8. The molecule has 0 bridgehead atoms. The third-order valence-electron chi connectivity index (χ3n) is 9.32. The maximum atomic E-state index is 13.3. The number of hydrogen-bond donors (Lipinski definition) is 2. The Labute approximate surface area is 277 Å². The Hall–Kier alpha value is -4.97. The van der Waals surface area contributed by atoms with Crippen LogP contribution in [0.5, 0.6) is 17.2 Å². The number of ether oxygens (including phenoxy) is 1. The molecule has 4 aromatic carbocycles. The number of hydrogen-bond acceptors (Lipinski definition) is 5. The molecule has 4 heterocycles. The standard InChI is InChI=1S/C36H40N6O5S/c1-35(2,3)23-9-15-33(43)31(19-23)41-37-27-13-11-25(21-29(27)39(37)41)47-17-7-8-18-48(45,46)26-12-14-28-30(22-26)40-38(28)42(40)32-20-24(36(4,5)6)10-16-34(32)44/h9-16,19-22,43-44H,7-8,17-18H2,1-6H3. The summed E-state index contributed by atoms with van der Waals surface area (Å²) in [7, 11) is -3.49. The Morgan fingerprint density at radius 2 is 1.10 bits per heavy atom. The molecule has 2 N–H and O–H groups in total. The largest absolute Gasteiger partial charge is 0.506 e. The van der Waals surface area contributed by atoms with Gasteiger partial charge in [0.15, 0.2) is 9.84 Å². The fraction of sp³-hybridized carbons (Fsp3) is 0.333. The van der Waals surface area contributed by atoms with Crippen LogP contribution in [0.1, 0.15) is 65.5 Å². The van der Waals surface area contributed by atoms with E-state index < -0.39 is 9.84 Å². The molecule has 0 aliphatic carbocycles. The highest BCUT2D eigenvalue weighted by Gasteiger charge is 2.30. The lowest BCUT2D eigenvalue weighted by atomic mass is 9.87. The molecule has 250 valence electrons. The number of benzene rings is 4. The normalized spacial score (nSPS) is 13.5. The number of unbranched alkanes of at least 4 members (excludes halogenated alkanes) is 1. The molecule has 8 aromatic rings. The Kier molecular flexibility index (Phi) is 6.34. The maximum absolute atomic E-state index is 13.3. The van der Waals surface area contributed by atoms with E-state index in [2.05, 4.69) is 41.5 Å². The molecule has 0 radical (unpaired) electrons. The van der Waals surface area contributed by atoms with E-state index in [0.29, 0.717) is 30.9 Å². The summed E-state index contributed by atoms with van der Waals surface area (Å²) in [4.78, 5) is 4.07. The van der Waals surface area contributed by atoms with Crippen LogP contribution in [0.4, 0.5) is 0 Å². The van der Waals surface area contributed by atoms with Gasteiger partial charge >= 0.3 is 0 Å². The number of aromatic nitrogens is 6. The summed E-state index contributed by atoms with van der Waals surface area (Å²) in [6.45, 7) is 13.2. The smallest absolute Gasteiger partial charge is 0.178 e. The van der Waals surface area contributed by atoms with Crippen molar-refractivity contribution in [2.75, 3.05) is 12.4 Å². The van der Waals surface area contributed by atoms with Crippen LogP contribution in [0.3, 0.4) is 0 Å². The zero-order valence-corrected chi connectivity index (χ0v) is 28.8. The number of sulfone groups is 1. The first-order valence-corrected chi connectivity index (χ1v) is 17.9. The molecule has 48 heavy (non-hydrogen) atoms. The van der Waals surface area contributed by atoms with Crippen molar-refractivity contribution in [2.45, 2.75) is 70.1 Å². The van der Waals surface area contributed by atoms with Crippen LogP contribution >= 0.6 is 0 Å². The highest BCUT2D eigenvalue weighted by Crippen LogP contribution is 2.37. The summed E-state index contributed by atoms with van der Waals surface area (Å²) >= 11 is 0. The van der Waals surface area contributed by atoms with E-state index in [0.717, 1.165) is 38.9 Å². The van der Waals surface area contributed by atoms with Crippen molar-refractivity contribution in [3.63, 3.8) is 0 Å². The molecule has 12 heteroatoms. The summed E-state index contributed by atoms with van der Waals surface area (Å²) in [5.74, 6) is 1.12. The van der Waals surface area contributed by atoms with Crippen LogP contribution in [0, 0.1) is 0 Å². The van der Waals surface area contributed by atoms with E-state index in [4.69, 9.17) is 4.74 Å². The van der Waals surface area contributed by atoms with Gasteiger partial charge in [0.1, 0.15) is 50.7 Å². The molecule has 0 unspecified atom stereocenters. The molecular weight excluding hydrogens is 628 g/mol. The first-order valence-electron chi connectivity index (χ1n) is 16.3. The van der Waals surface area contributed by atoms with Gasteiger partial charge in [-0.1, -0.05) is 53.7 Å². The molecule has 11 nitrogen and oxygen atoms in total. The lowest BCUT2D eigenvalue weighted by molar-refractivity contribution is 0.310. The number of phenols is 2. The van der Waals surface area contributed by atoms with Gasteiger partial charge in [-0.3, -0.25) is 0 Å². The quantitative estimate of drug-likeness (QED) is 0.165. The van der Waals surface area contributed by atoms with Gasteiger partial charge in [0.2, 0.25) is 0 Å². The highest BCUT2D eigenvalue weighted by molar-refractivity contribution is 7.91. The second kappa shape index (κ2) is 10.0. The Bertz CT molecular complexity index is 2560. The summed E-state index contributed by atoms with van der Waals surface area (Å²) in [5, 5.41) is 21.1. The molecule has 0 atom stereocenters. The number of phenolic OH excluding ortho intramolecular Hbond substituents is 2. The van der Waals surface area contributed by atoms with Crippen molar-refractivity contribution >= 4 is 31.9 Å². The number of nitrogens with zero attached hydrogens (tertiary/aromatic N) is 6. The fourth-order valence-electron chi connectivity index (χ4n) is 6.34. The van der Waals surface area contributed by atoms with Crippen LogP contribution in [0.15, 0.2) is 77.7 Å². The second-order valence-electron chi connectivity index (χ2n) is 14.8. The number of rotatable bonds is 9. The average molecular weight is 669 g/mol. The van der Waals surface area contributed by atoms with Crippen LogP contribution < -0.4 is 4.74 Å². The summed E-state index contributed by atoms with van der Waals surface area (Å²) in [6, 6.07) is 22.4. The van der Waals surface area contributed by atoms with Crippen molar-refractivity contribution in [3.05, 3.63) is 83.9 Å². The second-order valence-corrected chi connectivity index (χ2v) is 16.9. The summed E-state index contributed by atoms with van der Waals surface area (Å²) in [5.41, 5.74) is 7.19. The van der Waals surface area contributed by atoms with Gasteiger partial charge < -0.3 is 14.9 Å². The zero-order valence-electron chi connectivity index (χ0n) is 28.0. The minimum Gasteiger partial charge on any atom is -0.506 e. The van der Waals surface area contributed by atoms with Crippen LogP contribution in [-0.4, -0.2) is 59.1 Å². The molecule has 0 aliphatic rings. The predicted octanol–water partition coefficient (Wildman–Crippen LogP) is 6.79. The van der Waals surface area contributed by atoms with Crippen molar-refractivity contribution in [1.29, 1.82) is 0 Å². The monoisotopic (exact) mass is 668 g/mol. The van der Waals surface area contributed by atoms with Crippen molar-refractivity contribution in [1.82, 2.24) is 28.1 Å². The number of aromatic hydroxyl groups is 2. The first kappa shape index (κ1) is 30.4. The fourth-order valence-corrected chi connectivity index (χ4v) is 7.73. The minimum atomic E-state index is -3.49. The lowest BCUT2D eigenvalue weighted by Gasteiger charge is -2.19. The van der Waals surface area contributed by atoms with Gasteiger partial charge in [-0.25, -0.2) is 8.42 Å². The van der Waals surface area contributed by atoms with Gasteiger partial charge in [0, 0.05) is 6.07 Å². The van der Waals surface area contributed by atoms with Gasteiger partial charge in [-0.2, -0.15) is 0 Å². The molecule has 4 aromatic heterocycles. The highest BCUT2D eigenvalue weighted by atomic mass is 32.2. The predicted molar refractivity (Wildman–Crippen MR) is 185 cm³/mol. The van der Waals surface area contributed by atoms with Crippen LogP contribution in [-0.2, 0) is 20.7 Å². The average Bonchev–Trinajstić information content (AvgIpc) is 3.87. The molecule has 0 fully saturated rings. The summed E-state index contributed by atoms with van der Waals surface area (Å²) < 4.78 is 40.2. The van der Waals surface area contributed by atoms with Crippen LogP contribution in [0.25, 0.3) is 33.4 Å². The maximum Gasteiger partial charge on any atom is 0.178 e. The van der Waals surface area contributed by atoms with Crippen molar-refractivity contribution in [3.8, 4) is 28.6 Å². The SMILES string of the molecule is CC(C)(C)c1ccc(O)c(-n2n3c4ccc(OCCCCS(=O)(=O)c5ccc6c(c5)n5n(-c7cc(C(C)(C)C)ccc7O)n65)cc4n23)c1. The third kappa shape index (κ3) is 4.72. The van der Waals surface area contributed by atoms with Crippen LogP contribution in [0.2, 0.25) is 0 Å². The van der Waals surface area contributed by atoms with Gasteiger partial charge in [-0.05, 0) is 89.4 Å². The van der Waals surface area contributed by atoms with E-state index in [-0.39, 0.29) is 33.0 Å². The zero-order chi connectivity index (χ0) is 33.9. The topological polar surface area (TPSA) is 111 Å². The van der Waals surface area contributed by atoms with Crippen molar-refractivity contribution < 1.29 is 23.4 Å². The molecule has 0 saturated carbocycles. The molecule has 8 rings (SSSR count). The molecule has 0 saturated heterocycles. The van der Waals surface area contributed by atoms with E-state index in [1.165, 1.54) is 0 Å². The van der Waals surface area contributed by atoms with Gasteiger partial charge in [0.05, 0.1) is 17.3 Å². The van der Waals surface area contributed by atoms with E-state index in [1.807, 2.05) is 76.6 Å². The molecule has 0 aliphatic heterocycles. The third-order valence-corrected chi connectivity index (χ3v) is 11.1.